The Hall–Kier alpha value is -2.05. The van der Waals surface area contributed by atoms with Crippen molar-refractivity contribution in [2.24, 2.45) is 0 Å². The van der Waals surface area contributed by atoms with Crippen LogP contribution in [0.1, 0.15) is 36.7 Å². The van der Waals surface area contributed by atoms with Gasteiger partial charge in [-0.1, -0.05) is 24.3 Å². The molecule has 2 aliphatic heterocycles. The van der Waals surface area contributed by atoms with E-state index in [4.69, 9.17) is 0 Å². The molecule has 0 radical (unpaired) electrons. The molecule has 1 aromatic carbocycles. The van der Waals surface area contributed by atoms with Crippen LogP contribution in [0.15, 0.2) is 36.7 Å². The van der Waals surface area contributed by atoms with Crippen LogP contribution in [0.3, 0.4) is 0 Å². The molecule has 23 heavy (non-hydrogen) atoms. The van der Waals surface area contributed by atoms with Gasteiger partial charge in [0, 0.05) is 45.0 Å². The second-order valence-electron chi connectivity index (χ2n) is 6.09. The van der Waals surface area contributed by atoms with Crippen molar-refractivity contribution in [2.75, 3.05) is 19.6 Å². The van der Waals surface area contributed by atoms with Gasteiger partial charge in [-0.2, -0.15) is 0 Å². The monoisotopic (exact) mass is 316 g/mol. The number of benzene rings is 1. The van der Waals surface area contributed by atoms with E-state index in [1.54, 1.807) is 0 Å². The van der Waals surface area contributed by atoms with Gasteiger partial charge in [-0.15, -0.1) is 0 Å². The lowest BCUT2D eigenvalue weighted by atomic mass is 9.98. The first-order valence-electron chi connectivity index (χ1n) is 8.08. The summed E-state index contributed by atoms with van der Waals surface area (Å²) in [5, 5.41) is 19.5. The van der Waals surface area contributed by atoms with Gasteiger partial charge < -0.3 is 26.0 Å². The maximum Gasteiger partial charge on any atom is 0.216 e. The zero-order chi connectivity index (χ0) is 16.2. The molecule has 3 atom stereocenters. The average Bonchev–Trinajstić information content (AvgIpc) is 2.96. The Balaban J connectivity index is 1.67. The van der Waals surface area contributed by atoms with Crippen molar-refractivity contribution in [3.05, 3.63) is 47.8 Å². The lowest BCUT2D eigenvalue weighted by Crippen LogP contribution is -2.38. The third kappa shape index (κ3) is 3.65. The predicted molar refractivity (Wildman–Crippen MR) is 88.2 cm³/mol. The van der Waals surface area contributed by atoms with E-state index < -0.39 is 6.10 Å². The minimum absolute atomic E-state index is 0.123. The summed E-state index contributed by atoms with van der Waals surface area (Å²) in [7, 11) is 0. The van der Waals surface area contributed by atoms with Gasteiger partial charge in [0.25, 0.3) is 0 Å². The molecule has 0 aromatic heterocycles. The normalized spacial score (nSPS) is 23.5. The number of rotatable bonds is 5. The summed E-state index contributed by atoms with van der Waals surface area (Å²) in [5.41, 5.74) is 2.53. The highest BCUT2D eigenvalue weighted by Gasteiger charge is 2.29. The molecular formula is C17H24N4O2. The van der Waals surface area contributed by atoms with Crippen molar-refractivity contribution in [1.29, 1.82) is 0 Å². The molecule has 2 heterocycles. The number of nitrogens with zero attached hydrogens (tertiary/aromatic N) is 1. The number of fused-ring (bicyclic) bond motifs is 3. The number of carbonyl (C=O) groups excluding carboxylic acids is 1. The van der Waals surface area contributed by atoms with Crippen LogP contribution in [0, 0.1) is 0 Å². The zero-order valence-electron chi connectivity index (χ0n) is 13.3. The number of hydrogen-bond donors (Lipinski definition) is 4. The molecule has 4 N–H and O–H groups in total. The van der Waals surface area contributed by atoms with Gasteiger partial charge in [-0.3, -0.25) is 4.79 Å². The topological polar surface area (TPSA) is 76.6 Å². The summed E-state index contributed by atoms with van der Waals surface area (Å²) in [6, 6.07) is 8.61. The SMILES string of the molecule is CC(=O)NC[C@H](O)CNC1CCN2C=CNC2c2ccccc21. The molecule has 2 aliphatic rings. The molecule has 0 fully saturated rings. The third-order valence-corrected chi connectivity index (χ3v) is 4.38. The minimum Gasteiger partial charge on any atom is -0.390 e. The Morgan fingerprint density at radius 2 is 2.17 bits per heavy atom. The molecule has 124 valence electrons. The van der Waals surface area contributed by atoms with Crippen LogP contribution in [0.25, 0.3) is 0 Å². The molecule has 1 amide bonds. The van der Waals surface area contributed by atoms with Gasteiger partial charge in [0.1, 0.15) is 6.17 Å². The molecule has 6 heteroatoms. The Morgan fingerprint density at radius 3 is 2.96 bits per heavy atom. The Bertz CT molecular complexity index is 590. The van der Waals surface area contributed by atoms with Crippen molar-refractivity contribution < 1.29 is 9.90 Å². The summed E-state index contributed by atoms with van der Waals surface area (Å²) < 4.78 is 0. The smallest absolute Gasteiger partial charge is 0.216 e. The second kappa shape index (κ2) is 7.02. The van der Waals surface area contributed by atoms with E-state index in [0.717, 1.165) is 13.0 Å². The predicted octanol–water partition coefficient (Wildman–Crippen LogP) is 0.593. The number of amides is 1. The Kier molecular flexibility index (Phi) is 4.83. The lowest BCUT2D eigenvalue weighted by Gasteiger charge is -2.24. The Labute approximate surface area is 136 Å². The van der Waals surface area contributed by atoms with Gasteiger partial charge in [0.05, 0.1) is 6.10 Å². The molecule has 0 saturated heterocycles. The molecule has 1 aromatic rings. The molecule has 6 nitrogen and oxygen atoms in total. The van der Waals surface area contributed by atoms with Crippen LogP contribution in [0.5, 0.6) is 0 Å². The zero-order valence-corrected chi connectivity index (χ0v) is 13.3. The highest BCUT2D eigenvalue weighted by Crippen LogP contribution is 2.34. The van der Waals surface area contributed by atoms with E-state index in [1.807, 2.05) is 6.20 Å². The van der Waals surface area contributed by atoms with E-state index in [2.05, 4.69) is 51.3 Å². The number of nitrogens with one attached hydrogen (secondary N) is 3. The number of aliphatic hydroxyl groups excluding tert-OH is 1. The molecule has 2 unspecified atom stereocenters. The van der Waals surface area contributed by atoms with Crippen molar-refractivity contribution in [2.45, 2.75) is 31.7 Å². The third-order valence-electron chi connectivity index (χ3n) is 4.38. The summed E-state index contributed by atoms with van der Waals surface area (Å²) in [6.07, 6.45) is 4.66. The van der Waals surface area contributed by atoms with Gasteiger partial charge in [0.2, 0.25) is 5.91 Å². The first kappa shape index (κ1) is 15.8. The molecule has 0 bridgehead atoms. The lowest BCUT2D eigenvalue weighted by molar-refractivity contribution is -0.119. The molecule has 3 rings (SSSR count). The van der Waals surface area contributed by atoms with Gasteiger partial charge >= 0.3 is 0 Å². The highest BCUT2D eigenvalue weighted by atomic mass is 16.3. The fourth-order valence-electron chi connectivity index (χ4n) is 3.22. The van der Waals surface area contributed by atoms with Crippen LogP contribution < -0.4 is 16.0 Å². The first-order chi connectivity index (χ1) is 11.1. The largest absolute Gasteiger partial charge is 0.390 e. The molecule has 0 aliphatic carbocycles. The van der Waals surface area contributed by atoms with Crippen molar-refractivity contribution in [3.63, 3.8) is 0 Å². The maximum atomic E-state index is 10.9. The number of carbonyl (C=O) groups is 1. The minimum atomic E-state index is -0.591. The standard InChI is InChI=1S/C17H24N4O2/c1-12(22)19-10-13(23)11-20-16-6-8-21-9-7-18-17(21)15-5-3-2-4-14(15)16/h2-5,7,9,13,16-18,20,23H,6,8,10-11H2,1H3,(H,19,22)/t13-,16?,17?/m0/s1. The van der Waals surface area contributed by atoms with Gasteiger partial charge in [-0.25, -0.2) is 0 Å². The van der Waals surface area contributed by atoms with Gasteiger partial charge in [-0.05, 0) is 17.5 Å². The van der Waals surface area contributed by atoms with Crippen LogP contribution in [0.4, 0.5) is 0 Å². The van der Waals surface area contributed by atoms with E-state index in [1.165, 1.54) is 18.1 Å². The van der Waals surface area contributed by atoms with Crippen LogP contribution in [0.2, 0.25) is 0 Å². The molecular weight excluding hydrogens is 292 g/mol. The summed E-state index contributed by atoms with van der Waals surface area (Å²) in [4.78, 5) is 13.2. The fourth-order valence-corrected chi connectivity index (χ4v) is 3.22. The van der Waals surface area contributed by atoms with Gasteiger partial charge in [0.15, 0.2) is 0 Å². The van der Waals surface area contributed by atoms with E-state index in [9.17, 15) is 9.90 Å². The summed E-state index contributed by atoms with van der Waals surface area (Å²) >= 11 is 0. The number of hydrogen-bond acceptors (Lipinski definition) is 5. The van der Waals surface area contributed by atoms with E-state index in [-0.39, 0.29) is 24.7 Å². The van der Waals surface area contributed by atoms with Crippen LogP contribution in [-0.2, 0) is 4.79 Å². The first-order valence-corrected chi connectivity index (χ1v) is 8.08. The van der Waals surface area contributed by atoms with Crippen LogP contribution in [-0.4, -0.2) is 41.7 Å². The van der Waals surface area contributed by atoms with Crippen molar-refractivity contribution >= 4 is 5.91 Å². The quantitative estimate of drug-likeness (QED) is 0.640. The maximum absolute atomic E-state index is 10.9. The average molecular weight is 316 g/mol. The molecule has 0 spiro atoms. The van der Waals surface area contributed by atoms with E-state index in [0.29, 0.717) is 6.54 Å². The fraction of sp³-hybridized carbons (Fsp3) is 0.471. The van der Waals surface area contributed by atoms with E-state index >= 15 is 0 Å². The molecule has 0 saturated carbocycles. The van der Waals surface area contributed by atoms with Crippen molar-refractivity contribution in [1.82, 2.24) is 20.9 Å². The summed E-state index contributed by atoms with van der Waals surface area (Å²) in [5.74, 6) is -0.123. The second-order valence-corrected chi connectivity index (χ2v) is 6.09. The number of aliphatic hydroxyl groups is 1. The van der Waals surface area contributed by atoms with Crippen LogP contribution >= 0.6 is 0 Å². The van der Waals surface area contributed by atoms with Crippen molar-refractivity contribution in [3.8, 4) is 0 Å². The highest BCUT2D eigenvalue weighted by molar-refractivity contribution is 5.72. The Morgan fingerprint density at radius 1 is 1.39 bits per heavy atom. The summed E-state index contributed by atoms with van der Waals surface area (Å²) in [6.45, 7) is 3.13.